The van der Waals surface area contributed by atoms with E-state index in [-0.39, 0.29) is 5.75 Å². The lowest BCUT2D eigenvalue weighted by atomic mass is 10.1. The van der Waals surface area contributed by atoms with Gasteiger partial charge in [-0.2, -0.15) is 0 Å². The van der Waals surface area contributed by atoms with Crippen molar-refractivity contribution in [2.24, 2.45) is 0 Å². The largest absolute Gasteiger partial charge is 0.508 e. The van der Waals surface area contributed by atoms with Crippen LogP contribution >= 0.6 is 0 Å². The highest BCUT2D eigenvalue weighted by atomic mass is 16.3. The van der Waals surface area contributed by atoms with Gasteiger partial charge >= 0.3 is 0 Å². The summed E-state index contributed by atoms with van der Waals surface area (Å²) in [5.41, 5.74) is 2.50. The predicted molar refractivity (Wildman–Crippen MR) is 71.5 cm³/mol. The molecule has 2 aromatic heterocycles. The zero-order valence-corrected chi connectivity index (χ0v) is 10.2. The van der Waals surface area contributed by atoms with Gasteiger partial charge in [-0.1, -0.05) is 12.1 Å². The number of carbonyl (C=O) groups excluding carboxylic acids is 1. The minimum Gasteiger partial charge on any atom is -0.508 e. The summed E-state index contributed by atoms with van der Waals surface area (Å²) in [6.45, 7) is 0. The first-order valence-electron chi connectivity index (χ1n) is 5.96. The Hall–Kier alpha value is -2.62. The number of fused-ring (bicyclic) bond motifs is 1. The molecule has 4 heteroatoms. The molecular formula is C15H12N2O2. The van der Waals surface area contributed by atoms with E-state index in [2.05, 4.69) is 4.98 Å². The van der Waals surface area contributed by atoms with Crippen molar-refractivity contribution in [3.8, 4) is 5.75 Å². The quantitative estimate of drug-likeness (QED) is 0.728. The molecule has 0 fully saturated rings. The van der Waals surface area contributed by atoms with Crippen molar-refractivity contribution < 1.29 is 9.90 Å². The van der Waals surface area contributed by atoms with E-state index < -0.39 is 0 Å². The lowest BCUT2D eigenvalue weighted by Crippen LogP contribution is -1.97. The third-order valence-electron chi connectivity index (χ3n) is 3.11. The van der Waals surface area contributed by atoms with E-state index in [1.165, 1.54) is 0 Å². The van der Waals surface area contributed by atoms with Gasteiger partial charge in [0.15, 0.2) is 6.29 Å². The van der Waals surface area contributed by atoms with Crippen molar-refractivity contribution in [1.82, 2.24) is 9.38 Å². The van der Waals surface area contributed by atoms with Crippen molar-refractivity contribution >= 4 is 11.8 Å². The average molecular weight is 252 g/mol. The molecule has 0 saturated heterocycles. The number of carbonyl (C=O) groups is 1. The second kappa shape index (κ2) is 4.57. The van der Waals surface area contributed by atoms with Gasteiger partial charge < -0.3 is 9.51 Å². The van der Waals surface area contributed by atoms with Crippen molar-refractivity contribution in [2.45, 2.75) is 6.42 Å². The number of nitrogens with zero attached hydrogens (tertiary/aromatic N) is 2. The first-order chi connectivity index (χ1) is 9.28. The highest BCUT2D eigenvalue weighted by Crippen LogP contribution is 2.16. The summed E-state index contributed by atoms with van der Waals surface area (Å²) in [6.07, 6.45) is 5.09. The monoisotopic (exact) mass is 252 g/mol. The molecule has 0 radical (unpaired) electrons. The van der Waals surface area contributed by atoms with Crippen LogP contribution in [0.15, 0.2) is 48.8 Å². The number of aromatic nitrogens is 2. The number of hydrogen-bond donors (Lipinski definition) is 1. The molecule has 0 aliphatic carbocycles. The van der Waals surface area contributed by atoms with Gasteiger partial charge in [0.2, 0.25) is 0 Å². The van der Waals surface area contributed by atoms with Crippen LogP contribution in [0.4, 0.5) is 0 Å². The Labute approximate surface area is 110 Å². The molecule has 3 aromatic rings. The van der Waals surface area contributed by atoms with E-state index >= 15 is 0 Å². The summed E-state index contributed by atoms with van der Waals surface area (Å²) >= 11 is 0. The van der Waals surface area contributed by atoms with Gasteiger partial charge in [-0.05, 0) is 29.8 Å². The molecule has 19 heavy (non-hydrogen) atoms. The lowest BCUT2D eigenvalue weighted by Gasteiger charge is -2.03. The van der Waals surface area contributed by atoms with Gasteiger partial charge in [-0.3, -0.25) is 4.79 Å². The van der Waals surface area contributed by atoms with Gasteiger partial charge in [0.25, 0.3) is 0 Å². The van der Waals surface area contributed by atoms with E-state index in [0.717, 1.165) is 23.2 Å². The Morgan fingerprint density at radius 1 is 1.21 bits per heavy atom. The van der Waals surface area contributed by atoms with E-state index in [9.17, 15) is 9.90 Å². The van der Waals surface area contributed by atoms with E-state index in [4.69, 9.17) is 0 Å². The van der Waals surface area contributed by atoms with Crippen molar-refractivity contribution in [3.63, 3.8) is 0 Å². The molecule has 0 bridgehead atoms. The molecule has 0 aliphatic rings. The summed E-state index contributed by atoms with van der Waals surface area (Å²) in [6, 6.07) is 10.6. The zero-order valence-electron chi connectivity index (χ0n) is 10.2. The Morgan fingerprint density at radius 3 is 2.74 bits per heavy atom. The second-order valence-electron chi connectivity index (χ2n) is 4.35. The highest BCUT2D eigenvalue weighted by molar-refractivity contribution is 5.85. The van der Waals surface area contributed by atoms with Crippen LogP contribution in [0, 0.1) is 0 Å². The molecule has 3 rings (SSSR count). The number of pyridine rings is 1. The Balaban J connectivity index is 2.02. The fourth-order valence-electron chi connectivity index (χ4n) is 2.12. The third-order valence-corrected chi connectivity index (χ3v) is 3.11. The van der Waals surface area contributed by atoms with Crippen LogP contribution in [0.3, 0.4) is 0 Å². The van der Waals surface area contributed by atoms with Crippen LogP contribution < -0.4 is 0 Å². The molecule has 0 amide bonds. The molecule has 0 saturated carbocycles. The third kappa shape index (κ3) is 2.08. The van der Waals surface area contributed by atoms with Crippen LogP contribution in [0.1, 0.15) is 21.7 Å². The van der Waals surface area contributed by atoms with Crippen LogP contribution in [0.5, 0.6) is 5.75 Å². The normalized spacial score (nSPS) is 10.7. The first kappa shape index (κ1) is 11.5. The van der Waals surface area contributed by atoms with Gasteiger partial charge in [-0.25, -0.2) is 4.98 Å². The molecule has 1 aromatic carbocycles. The molecule has 94 valence electrons. The fourth-order valence-corrected chi connectivity index (χ4v) is 2.12. The van der Waals surface area contributed by atoms with E-state index in [1.807, 2.05) is 28.8 Å². The first-order valence-corrected chi connectivity index (χ1v) is 5.96. The van der Waals surface area contributed by atoms with E-state index in [1.54, 1.807) is 24.4 Å². The molecule has 2 heterocycles. The van der Waals surface area contributed by atoms with Crippen molar-refractivity contribution in [2.75, 3.05) is 0 Å². The summed E-state index contributed by atoms with van der Waals surface area (Å²) in [5.74, 6) is 1.12. The number of aromatic hydroxyl groups is 1. The zero-order chi connectivity index (χ0) is 13.2. The van der Waals surface area contributed by atoms with Crippen molar-refractivity contribution in [1.29, 1.82) is 0 Å². The number of benzene rings is 1. The molecule has 0 unspecified atom stereocenters. The molecule has 0 spiro atoms. The number of rotatable bonds is 3. The maximum absolute atomic E-state index is 11.0. The molecule has 1 N–H and O–H groups in total. The van der Waals surface area contributed by atoms with E-state index in [0.29, 0.717) is 12.0 Å². The summed E-state index contributed by atoms with van der Waals surface area (Å²) in [4.78, 5) is 15.3. The molecule has 0 aliphatic heterocycles. The Kier molecular flexibility index (Phi) is 2.76. The minimum absolute atomic E-state index is 0.250. The van der Waals surface area contributed by atoms with Crippen LogP contribution in [-0.4, -0.2) is 20.8 Å². The Bertz CT molecular complexity index is 729. The van der Waals surface area contributed by atoms with Crippen LogP contribution in [-0.2, 0) is 6.42 Å². The second-order valence-corrected chi connectivity index (χ2v) is 4.35. The lowest BCUT2D eigenvalue weighted by molar-refractivity contribution is 0.112. The maximum atomic E-state index is 11.0. The van der Waals surface area contributed by atoms with Crippen LogP contribution in [0.25, 0.3) is 5.52 Å². The van der Waals surface area contributed by atoms with Gasteiger partial charge in [0.1, 0.15) is 11.6 Å². The number of imidazole rings is 1. The molecular weight excluding hydrogens is 240 g/mol. The maximum Gasteiger partial charge on any atom is 0.152 e. The predicted octanol–water partition coefficient (Wildman–Crippen LogP) is 2.44. The van der Waals surface area contributed by atoms with Crippen molar-refractivity contribution in [3.05, 3.63) is 65.7 Å². The highest BCUT2D eigenvalue weighted by Gasteiger charge is 2.07. The standard InChI is InChI=1S/C15H12N2O2/c18-10-12-2-1-7-17-14(12)9-16-15(17)8-11-3-5-13(19)6-4-11/h1-7,9-10,19H,8H2. The summed E-state index contributed by atoms with van der Waals surface area (Å²) in [7, 11) is 0. The SMILES string of the molecule is O=Cc1cccn2c(Cc3ccc(O)cc3)ncc12. The summed E-state index contributed by atoms with van der Waals surface area (Å²) in [5, 5.41) is 9.26. The average Bonchev–Trinajstić information content (AvgIpc) is 2.84. The minimum atomic E-state index is 0.250. The number of phenolic OH excluding ortho intramolecular Hbond substituents is 1. The van der Waals surface area contributed by atoms with Crippen LogP contribution in [0.2, 0.25) is 0 Å². The van der Waals surface area contributed by atoms with Gasteiger partial charge in [0.05, 0.1) is 11.7 Å². The number of phenols is 1. The van der Waals surface area contributed by atoms with Gasteiger partial charge in [0, 0.05) is 18.2 Å². The number of aldehydes is 1. The summed E-state index contributed by atoms with van der Waals surface area (Å²) < 4.78 is 1.91. The smallest absolute Gasteiger partial charge is 0.152 e. The Morgan fingerprint density at radius 2 is 2.00 bits per heavy atom. The molecule has 0 atom stereocenters. The van der Waals surface area contributed by atoms with Gasteiger partial charge in [-0.15, -0.1) is 0 Å². The fraction of sp³-hybridized carbons (Fsp3) is 0.0667. The topological polar surface area (TPSA) is 54.6 Å². The molecule has 4 nitrogen and oxygen atoms in total. The number of hydrogen-bond acceptors (Lipinski definition) is 3.